The normalized spacial score (nSPS) is 11.1. The second-order valence-corrected chi connectivity index (χ2v) is 5.87. The SMILES string of the molecule is CC(C)(C)OC(=O)Nc1ccccc1CCCBr. The number of nitrogens with one attached hydrogen (secondary N) is 1. The number of anilines is 1. The zero-order chi connectivity index (χ0) is 13.6. The molecule has 1 N–H and O–H groups in total. The number of rotatable bonds is 4. The van der Waals surface area contributed by atoms with Crippen LogP contribution in [0.1, 0.15) is 32.8 Å². The van der Waals surface area contributed by atoms with Crippen LogP contribution in [-0.2, 0) is 11.2 Å². The van der Waals surface area contributed by atoms with Crippen LogP contribution in [0.25, 0.3) is 0 Å². The number of benzene rings is 1. The number of hydrogen-bond donors (Lipinski definition) is 1. The number of amides is 1. The van der Waals surface area contributed by atoms with Crippen LogP contribution in [0.5, 0.6) is 0 Å². The van der Waals surface area contributed by atoms with E-state index in [1.165, 1.54) is 0 Å². The van der Waals surface area contributed by atoms with E-state index in [1.807, 2.05) is 45.0 Å². The first-order chi connectivity index (χ1) is 8.42. The van der Waals surface area contributed by atoms with Gasteiger partial charge in [0, 0.05) is 11.0 Å². The number of para-hydroxylation sites is 1. The number of aryl methyl sites for hydroxylation is 1. The Balaban J connectivity index is 2.68. The van der Waals surface area contributed by atoms with Crippen LogP contribution in [0.2, 0.25) is 0 Å². The highest BCUT2D eigenvalue weighted by molar-refractivity contribution is 9.09. The van der Waals surface area contributed by atoms with Gasteiger partial charge >= 0.3 is 6.09 Å². The monoisotopic (exact) mass is 313 g/mol. The molecule has 1 rings (SSSR count). The highest BCUT2D eigenvalue weighted by Crippen LogP contribution is 2.18. The highest BCUT2D eigenvalue weighted by Gasteiger charge is 2.16. The summed E-state index contributed by atoms with van der Waals surface area (Å²) in [6.45, 7) is 5.55. The molecular weight excluding hydrogens is 294 g/mol. The van der Waals surface area contributed by atoms with Gasteiger partial charge in [0.1, 0.15) is 5.60 Å². The summed E-state index contributed by atoms with van der Waals surface area (Å²) in [5.41, 5.74) is 1.48. The molecule has 1 aromatic rings. The standard InChI is InChI=1S/C14H20BrNO2/c1-14(2,3)18-13(17)16-12-9-5-4-7-11(12)8-6-10-15/h4-5,7,9H,6,8,10H2,1-3H3,(H,16,17). The third kappa shape index (κ3) is 5.54. The van der Waals surface area contributed by atoms with E-state index >= 15 is 0 Å². The van der Waals surface area contributed by atoms with Crippen molar-refractivity contribution in [3.05, 3.63) is 29.8 Å². The number of carbonyl (C=O) groups excluding carboxylic acids is 1. The summed E-state index contributed by atoms with van der Waals surface area (Å²) in [5, 5.41) is 3.75. The van der Waals surface area contributed by atoms with Crippen molar-refractivity contribution in [3.8, 4) is 0 Å². The molecule has 0 unspecified atom stereocenters. The fourth-order valence-corrected chi connectivity index (χ4v) is 1.81. The van der Waals surface area contributed by atoms with E-state index in [-0.39, 0.29) is 0 Å². The van der Waals surface area contributed by atoms with Gasteiger partial charge in [-0.05, 0) is 45.2 Å². The molecule has 1 amide bonds. The number of hydrogen-bond acceptors (Lipinski definition) is 2. The first-order valence-corrected chi connectivity index (χ1v) is 7.18. The highest BCUT2D eigenvalue weighted by atomic mass is 79.9. The predicted molar refractivity (Wildman–Crippen MR) is 78.4 cm³/mol. The first-order valence-electron chi connectivity index (χ1n) is 6.06. The van der Waals surface area contributed by atoms with Crippen LogP contribution in [0.4, 0.5) is 10.5 Å². The minimum atomic E-state index is -0.477. The Morgan fingerprint density at radius 2 is 2.00 bits per heavy atom. The van der Waals surface area contributed by atoms with Gasteiger partial charge in [0.25, 0.3) is 0 Å². The summed E-state index contributed by atoms with van der Waals surface area (Å²) in [7, 11) is 0. The number of ether oxygens (including phenoxy) is 1. The second-order valence-electron chi connectivity index (χ2n) is 5.08. The van der Waals surface area contributed by atoms with Crippen LogP contribution in [0.15, 0.2) is 24.3 Å². The zero-order valence-electron chi connectivity index (χ0n) is 11.1. The molecule has 4 heteroatoms. The molecule has 0 aliphatic carbocycles. The molecule has 0 spiro atoms. The van der Waals surface area contributed by atoms with Gasteiger partial charge in [-0.3, -0.25) is 5.32 Å². The predicted octanol–water partition coefficient (Wildman–Crippen LogP) is 4.36. The number of alkyl halides is 1. The Labute approximate surface area is 117 Å². The van der Waals surface area contributed by atoms with Crippen molar-refractivity contribution >= 4 is 27.7 Å². The van der Waals surface area contributed by atoms with Gasteiger partial charge in [0.05, 0.1) is 0 Å². The molecular formula is C14H20BrNO2. The van der Waals surface area contributed by atoms with Crippen molar-refractivity contribution < 1.29 is 9.53 Å². The third-order valence-corrected chi connectivity index (χ3v) is 2.79. The summed E-state index contributed by atoms with van der Waals surface area (Å²) in [5.74, 6) is 0. The molecule has 3 nitrogen and oxygen atoms in total. The molecule has 0 fully saturated rings. The lowest BCUT2D eigenvalue weighted by molar-refractivity contribution is 0.0636. The lowest BCUT2D eigenvalue weighted by Crippen LogP contribution is -2.27. The van der Waals surface area contributed by atoms with Gasteiger partial charge in [-0.1, -0.05) is 34.1 Å². The zero-order valence-corrected chi connectivity index (χ0v) is 12.7. The molecule has 100 valence electrons. The molecule has 1 aromatic carbocycles. The van der Waals surface area contributed by atoms with Crippen molar-refractivity contribution in [1.82, 2.24) is 0 Å². The summed E-state index contributed by atoms with van der Waals surface area (Å²) in [4.78, 5) is 11.7. The van der Waals surface area contributed by atoms with Crippen molar-refractivity contribution in [2.45, 2.75) is 39.2 Å². The molecule has 0 aliphatic heterocycles. The van der Waals surface area contributed by atoms with E-state index in [0.717, 1.165) is 29.4 Å². The van der Waals surface area contributed by atoms with Gasteiger partial charge in [0.2, 0.25) is 0 Å². The molecule has 0 atom stereocenters. The number of carbonyl (C=O) groups is 1. The Kier molecular flexibility index (Phi) is 5.66. The van der Waals surface area contributed by atoms with E-state index in [4.69, 9.17) is 4.74 Å². The fraction of sp³-hybridized carbons (Fsp3) is 0.500. The maximum atomic E-state index is 11.7. The summed E-state index contributed by atoms with van der Waals surface area (Å²) >= 11 is 3.41. The minimum absolute atomic E-state index is 0.409. The van der Waals surface area contributed by atoms with Gasteiger partial charge in [-0.25, -0.2) is 4.79 Å². The number of halogens is 1. The molecule has 0 heterocycles. The van der Waals surface area contributed by atoms with Crippen LogP contribution in [0, 0.1) is 0 Å². The van der Waals surface area contributed by atoms with E-state index in [2.05, 4.69) is 21.2 Å². The third-order valence-electron chi connectivity index (χ3n) is 2.23. The lowest BCUT2D eigenvalue weighted by Gasteiger charge is -2.20. The van der Waals surface area contributed by atoms with Gasteiger partial charge in [-0.2, -0.15) is 0 Å². The maximum Gasteiger partial charge on any atom is 0.412 e. The largest absolute Gasteiger partial charge is 0.444 e. The molecule has 0 saturated heterocycles. The molecule has 0 aliphatic rings. The van der Waals surface area contributed by atoms with E-state index in [1.54, 1.807) is 0 Å². The van der Waals surface area contributed by atoms with E-state index in [0.29, 0.717) is 0 Å². The molecule has 0 aromatic heterocycles. The average Bonchev–Trinajstić information content (AvgIpc) is 2.25. The van der Waals surface area contributed by atoms with Crippen molar-refractivity contribution in [1.29, 1.82) is 0 Å². The van der Waals surface area contributed by atoms with Crippen LogP contribution in [-0.4, -0.2) is 17.0 Å². The smallest absolute Gasteiger partial charge is 0.412 e. The van der Waals surface area contributed by atoms with Crippen LogP contribution in [0.3, 0.4) is 0 Å². The van der Waals surface area contributed by atoms with Crippen LogP contribution >= 0.6 is 15.9 Å². The van der Waals surface area contributed by atoms with Crippen molar-refractivity contribution in [2.24, 2.45) is 0 Å². The summed E-state index contributed by atoms with van der Waals surface area (Å²) in [6.07, 6.45) is 1.55. The van der Waals surface area contributed by atoms with Crippen LogP contribution < -0.4 is 5.32 Å². The van der Waals surface area contributed by atoms with Crippen molar-refractivity contribution in [3.63, 3.8) is 0 Å². The second kappa shape index (κ2) is 6.78. The molecule has 0 saturated carbocycles. The molecule has 18 heavy (non-hydrogen) atoms. The van der Waals surface area contributed by atoms with Gasteiger partial charge in [0.15, 0.2) is 0 Å². The van der Waals surface area contributed by atoms with Crippen molar-refractivity contribution in [2.75, 3.05) is 10.6 Å². The maximum absolute atomic E-state index is 11.7. The Bertz CT molecular complexity index is 399. The van der Waals surface area contributed by atoms with Gasteiger partial charge < -0.3 is 4.74 Å². The summed E-state index contributed by atoms with van der Waals surface area (Å²) in [6, 6.07) is 7.80. The van der Waals surface area contributed by atoms with E-state index in [9.17, 15) is 4.79 Å². The minimum Gasteiger partial charge on any atom is -0.444 e. The topological polar surface area (TPSA) is 38.3 Å². The fourth-order valence-electron chi connectivity index (χ4n) is 1.53. The quantitative estimate of drug-likeness (QED) is 0.839. The summed E-state index contributed by atoms with van der Waals surface area (Å²) < 4.78 is 5.24. The molecule has 0 radical (unpaired) electrons. The average molecular weight is 314 g/mol. The Morgan fingerprint density at radius 1 is 1.33 bits per heavy atom. The van der Waals surface area contributed by atoms with Gasteiger partial charge in [-0.15, -0.1) is 0 Å². The Morgan fingerprint density at radius 3 is 2.61 bits per heavy atom. The Hall–Kier alpha value is -1.03. The molecule has 0 bridgehead atoms. The first kappa shape index (κ1) is 15.0. The lowest BCUT2D eigenvalue weighted by atomic mass is 10.1. The van der Waals surface area contributed by atoms with E-state index < -0.39 is 11.7 Å².